The Morgan fingerprint density at radius 1 is 1.41 bits per heavy atom. The Balaban J connectivity index is 0.00000300. The van der Waals surface area contributed by atoms with Crippen LogP contribution in [0.3, 0.4) is 0 Å². The number of amides is 1. The van der Waals surface area contributed by atoms with Gasteiger partial charge in [0.2, 0.25) is 5.91 Å². The van der Waals surface area contributed by atoms with Gasteiger partial charge in [-0.1, -0.05) is 24.4 Å². The highest BCUT2D eigenvalue weighted by atomic mass is 127. The molecule has 1 aromatic rings. The van der Waals surface area contributed by atoms with Gasteiger partial charge in [0.25, 0.3) is 0 Å². The van der Waals surface area contributed by atoms with Gasteiger partial charge in [0.1, 0.15) is 5.82 Å². The molecule has 9 heteroatoms. The van der Waals surface area contributed by atoms with Gasteiger partial charge in [0.15, 0.2) is 5.96 Å². The van der Waals surface area contributed by atoms with E-state index in [1.807, 2.05) is 26.2 Å². The quantitative estimate of drug-likeness (QED) is 0.345. The molecule has 29 heavy (non-hydrogen) atoms. The van der Waals surface area contributed by atoms with Gasteiger partial charge in [0.05, 0.1) is 10.4 Å². The van der Waals surface area contributed by atoms with Crippen molar-refractivity contribution in [2.45, 2.75) is 38.1 Å². The molecule has 7 nitrogen and oxygen atoms in total. The van der Waals surface area contributed by atoms with Crippen molar-refractivity contribution in [1.29, 1.82) is 0 Å². The molecule has 0 spiro atoms. The van der Waals surface area contributed by atoms with E-state index >= 15 is 0 Å². The maximum Gasteiger partial charge on any atom is 0.230 e. The Labute approximate surface area is 195 Å². The number of guanidine groups is 1. The van der Waals surface area contributed by atoms with Crippen LogP contribution in [0.1, 0.15) is 32.1 Å². The summed E-state index contributed by atoms with van der Waals surface area (Å²) >= 11 is 6.28. The van der Waals surface area contributed by atoms with Crippen LogP contribution < -0.4 is 15.5 Å². The molecule has 2 fully saturated rings. The van der Waals surface area contributed by atoms with Crippen LogP contribution in [0.4, 0.5) is 5.82 Å². The smallest absolute Gasteiger partial charge is 0.230 e. The first kappa shape index (κ1) is 24.0. The Hall–Kier alpha value is -1.29. The number of carbonyl (C=O) groups is 1. The number of hydrogen-bond donors (Lipinski definition) is 2. The molecule has 1 aromatic heterocycles. The van der Waals surface area contributed by atoms with Crippen molar-refractivity contribution in [1.82, 2.24) is 20.5 Å². The van der Waals surface area contributed by atoms with Crippen molar-refractivity contribution >= 4 is 53.3 Å². The Kier molecular flexibility index (Phi) is 8.81. The number of pyridine rings is 1. The molecule has 1 aliphatic carbocycles. The Bertz CT molecular complexity index is 723. The second-order valence-electron chi connectivity index (χ2n) is 8.00. The number of aromatic nitrogens is 1. The van der Waals surface area contributed by atoms with Crippen LogP contribution in [0, 0.1) is 5.41 Å². The van der Waals surface area contributed by atoms with Gasteiger partial charge in [-0.25, -0.2) is 4.98 Å². The zero-order valence-corrected chi connectivity index (χ0v) is 20.5. The van der Waals surface area contributed by atoms with Gasteiger partial charge < -0.3 is 20.4 Å². The SMILES string of the molecule is CN=C(NCC1(C(=O)N(C)C)CCCC1)NC1CCN(c2ncccc2Cl)C1.I. The van der Waals surface area contributed by atoms with Crippen LogP contribution in [-0.4, -0.2) is 68.6 Å². The van der Waals surface area contributed by atoms with E-state index in [9.17, 15) is 4.79 Å². The van der Waals surface area contributed by atoms with Crippen LogP contribution in [0.5, 0.6) is 0 Å². The summed E-state index contributed by atoms with van der Waals surface area (Å²) < 4.78 is 0. The van der Waals surface area contributed by atoms with Crippen molar-refractivity contribution in [2.75, 3.05) is 45.7 Å². The molecule has 2 N–H and O–H groups in total. The second kappa shape index (κ2) is 10.7. The first-order chi connectivity index (χ1) is 13.4. The van der Waals surface area contributed by atoms with E-state index in [2.05, 4.69) is 25.5 Å². The highest BCUT2D eigenvalue weighted by Crippen LogP contribution is 2.38. The molecule has 0 radical (unpaired) electrons. The lowest BCUT2D eigenvalue weighted by molar-refractivity contribution is -0.138. The highest BCUT2D eigenvalue weighted by Gasteiger charge is 2.42. The topological polar surface area (TPSA) is 72.9 Å². The lowest BCUT2D eigenvalue weighted by Gasteiger charge is -2.31. The van der Waals surface area contributed by atoms with Crippen LogP contribution in [0.25, 0.3) is 0 Å². The fourth-order valence-corrected chi connectivity index (χ4v) is 4.55. The minimum atomic E-state index is -0.315. The minimum Gasteiger partial charge on any atom is -0.355 e. The first-order valence-electron chi connectivity index (χ1n) is 9.99. The molecule has 0 bridgehead atoms. The van der Waals surface area contributed by atoms with E-state index < -0.39 is 0 Å². The average molecular weight is 535 g/mol. The van der Waals surface area contributed by atoms with E-state index in [1.165, 1.54) is 0 Å². The van der Waals surface area contributed by atoms with Gasteiger partial charge in [-0.15, -0.1) is 24.0 Å². The summed E-state index contributed by atoms with van der Waals surface area (Å²) in [6.45, 7) is 2.33. The van der Waals surface area contributed by atoms with Crippen LogP contribution in [0.15, 0.2) is 23.3 Å². The standard InChI is InChI=1S/C20H31ClN6O.HI/c1-22-19(24-14-20(9-4-5-10-20)18(28)26(2)3)25-15-8-12-27(13-15)17-16(21)7-6-11-23-17;/h6-7,11,15H,4-5,8-10,12-14H2,1-3H3,(H2,22,24,25);1H. The molecule has 1 aliphatic heterocycles. The molecule has 1 atom stereocenters. The van der Waals surface area contributed by atoms with E-state index in [4.69, 9.17) is 11.6 Å². The highest BCUT2D eigenvalue weighted by molar-refractivity contribution is 14.0. The molecule has 1 unspecified atom stereocenters. The van der Waals surface area contributed by atoms with Gasteiger partial charge >= 0.3 is 0 Å². The fraction of sp³-hybridized carbons (Fsp3) is 0.650. The van der Waals surface area contributed by atoms with Crippen LogP contribution >= 0.6 is 35.6 Å². The van der Waals surface area contributed by atoms with Crippen LogP contribution in [0.2, 0.25) is 5.02 Å². The molecule has 1 amide bonds. The van der Waals surface area contributed by atoms with E-state index in [-0.39, 0.29) is 41.3 Å². The number of hydrogen-bond acceptors (Lipinski definition) is 4. The van der Waals surface area contributed by atoms with Crippen molar-refractivity contribution in [3.8, 4) is 0 Å². The molecule has 1 saturated heterocycles. The minimum absolute atomic E-state index is 0. The van der Waals surface area contributed by atoms with Gasteiger partial charge in [0, 0.05) is 53.0 Å². The van der Waals surface area contributed by atoms with Crippen LogP contribution in [-0.2, 0) is 4.79 Å². The molecule has 162 valence electrons. The van der Waals surface area contributed by atoms with Gasteiger partial charge in [-0.05, 0) is 31.4 Å². The monoisotopic (exact) mass is 534 g/mol. The number of nitrogens with zero attached hydrogens (tertiary/aromatic N) is 4. The third-order valence-electron chi connectivity index (χ3n) is 5.81. The molecular formula is C20H32ClIN6O. The third-order valence-corrected chi connectivity index (χ3v) is 6.10. The molecule has 0 aromatic carbocycles. The first-order valence-corrected chi connectivity index (χ1v) is 10.4. The molecule has 1 saturated carbocycles. The largest absolute Gasteiger partial charge is 0.355 e. The van der Waals surface area contributed by atoms with E-state index in [0.29, 0.717) is 11.6 Å². The predicted molar refractivity (Wildman–Crippen MR) is 129 cm³/mol. The van der Waals surface area contributed by atoms with Crippen molar-refractivity contribution in [3.63, 3.8) is 0 Å². The average Bonchev–Trinajstić information content (AvgIpc) is 3.35. The summed E-state index contributed by atoms with van der Waals surface area (Å²) in [4.78, 5) is 25.4. The number of anilines is 1. The molecule has 2 aliphatic rings. The van der Waals surface area contributed by atoms with Crippen molar-refractivity contribution in [2.24, 2.45) is 10.4 Å². The number of rotatable bonds is 5. The predicted octanol–water partition coefficient (Wildman–Crippen LogP) is 2.75. The Morgan fingerprint density at radius 2 is 2.14 bits per heavy atom. The zero-order chi connectivity index (χ0) is 20.1. The summed E-state index contributed by atoms with van der Waals surface area (Å²) in [7, 11) is 5.45. The molecular weight excluding hydrogens is 503 g/mol. The van der Waals surface area contributed by atoms with Crippen molar-refractivity contribution < 1.29 is 4.79 Å². The van der Waals surface area contributed by atoms with E-state index in [0.717, 1.165) is 57.0 Å². The number of carbonyl (C=O) groups excluding carboxylic acids is 1. The normalized spacial score (nSPS) is 20.9. The van der Waals surface area contributed by atoms with Crippen molar-refractivity contribution in [3.05, 3.63) is 23.4 Å². The van der Waals surface area contributed by atoms with Gasteiger partial charge in [-0.2, -0.15) is 0 Å². The summed E-state index contributed by atoms with van der Waals surface area (Å²) in [6, 6.07) is 3.97. The maximum atomic E-state index is 12.7. The Morgan fingerprint density at radius 3 is 2.76 bits per heavy atom. The van der Waals surface area contributed by atoms with Gasteiger partial charge in [-0.3, -0.25) is 9.79 Å². The lowest BCUT2D eigenvalue weighted by atomic mass is 9.84. The number of aliphatic imine (C=N–C) groups is 1. The summed E-state index contributed by atoms with van der Waals surface area (Å²) in [5.74, 6) is 1.79. The maximum absolute atomic E-state index is 12.7. The summed E-state index contributed by atoms with van der Waals surface area (Å²) in [6.07, 6.45) is 6.83. The lowest BCUT2D eigenvalue weighted by Crippen LogP contribution is -2.51. The summed E-state index contributed by atoms with van der Waals surface area (Å²) in [5, 5.41) is 7.58. The molecule has 2 heterocycles. The zero-order valence-electron chi connectivity index (χ0n) is 17.4. The number of nitrogens with one attached hydrogen (secondary N) is 2. The number of halogens is 2. The summed E-state index contributed by atoms with van der Waals surface area (Å²) in [5.41, 5.74) is -0.315. The third kappa shape index (κ3) is 5.65. The molecule has 3 rings (SSSR count). The van der Waals surface area contributed by atoms with E-state index in [1.54, 1.807) is 18.1 Å². The fourth-order valence-electron chi connectivity index (χ4n) is 4.31. The second-order valence-corrected chi connectivity index (χ2v) is 8.40.